The fourth-order valence-corrected chi connectivity index (χ4v) is 7.13. The molecule has 0 fully saturated rings. The van der Waals surface area contributed by atoms with E-state index >= 15 is 0 Å². The van der Waals surface area contributed by atoms with Crippen LogP contribution in [-0.4, -0.2) is 6.54 Å². The lowest BCUT2D eigenvalue weighted by Crippen LogP contribution is -2.34. The molecule has 6 rings (SSSR count). The molecule has 0 radical (unpaired) electrons. The molecule has 0 aliphatic carbocycles. The smallest absolute Gasteiger partial charge is 0.265 e. The van der Waals surface area contributed by atoms with Crippen molar-refractivity contribution < 1.29 is 4.57 Å². The topological polar surface area (TPSA) is 7.12 Å². The fraction of sp³-hybridized carbons (Fsp3) is 0.148. The average Bonchev–Trinajstić information content (AvgIpc) is 3.36. The van der Waals surface area contributed by atoms with Gasteiger partial charge in [-0.25, -0.2) is 0 Å². The van der Waals surface area contributed by atoms with Gasteiger partial charge in [0.2, 0.25) is 5.52 Å². The molecular weight excluding hydrogens is 416 g/mol. The van der Waals surface area contributed by atoms with Crippen molar-refractivity contribution in [3.05, 3.63) is 82.8 Å². The number of thiazole rings is 1. The van der Waals surface area contributed by atoms with Crippen molar-refractivity contribution in [2.45, 2.75) is 25.3 Å². The summed E-state index contributed by atoms with van der Waals surface area (Å²) < 4.78 is 3.83. The lowest BCUT2D eigenvalue weighted by atomic mass is 10.1. The van der Waals surface area contributed by atoms with Gasteiger partial charge in [0.1, 0.15) is 11.2 Å². The van der Waals surface area contributed by atoms with E-state index < -0.39 is 0 Å². The van der Waals surface area contributed by atoms with Gasteiger partial charge in [-0.2, -0.15) is 4.57 Å². The number of nitrogens with zero attached hydrogens (tertiary/aromatic N) is 2. The summed E-state index contributed by atoms with van der Waals surface area (Å²) in [7, 11) is 0. The van der Waals surface area contributed by atoms with Crippen molar-refractivity contribution in [2.75, 3.05) is 11.4 Å². The summed E-state index contributed by atoms with van der Waals surface area (Å²) in [6.07, 6.45) is 2.39. The molecule has 0 bridgehead atoms. The van der Waals surface area contributed by atoms with E-state index in [2.05, 4.69) is 102 Å². The van der Waals surface area contributed by atoms with E-state index in [9.17, 15) is 0 Å². The van der Waals surface area contributed by atoms with Gasteiger partial charge in [-0.3, -0.25) is 0 Å². The molecule has 2 heterocycles. The second-order valence-electron chi connectivity index (χ2n) is 7.78. The van der Waals surface area contributed by atoms with Crippen molar-refractivity contribution in [3.8, 4) is 0 Å². The van der Waals surface area contributed by atoms with E-state index in [1.54, 1.807) is 0 Å². The third kappa shape index (κ3) is 2.89. The van der Waals surface area contributed by atoms with Gasteiger partial charge in [-0.05, 0) is 42.8 Å². The first kappa shape index (κ1) is 18.9. The van der Waals surface area contributed by atoms with Crippen molar-refractivity contribution in [3.63, 3.8) is 0 Å². The van der Waals surface area contributed by atoms with Crippen LogP contribution in [0, 0.1) is 0 Å². The third-order valence-corrected chi connectivity index (χ3v) is 8.30. The highest BCUT2D eigenvalue weighted by molar-refractivity contribution is 8.04. The van der Waals surface area contributed by atoms with Crippen LogP contribution in [0.5, 0.6) is 0 Å². The molecule has 0 amide bonds. The molecule has 31 heavy (non-hydrogen) atoms. The third-order valence-electron chi connectivity index (χ3n) is 6.11. The second kappa shape index (κ2) is 7.40. The quantitative estimate of drug-likeness (QED) is 0.270. The maximum absolute atomic E-state index is 2.48. The molecule has 0 unspecified atom stereocenters. The molecule has 1 aliphatic rings. The molecule has 1 aliphatic heterocycles. The Morgan fingerprint density at radius 2 is 1.55 bits per heavy atom. The van der Waals surface area contributed by atoms with Crippen LogP contribution in [-0.2, 0) is 6.54 Å². The molecule has 5 aromatic rings. The first-order valence-electron chi connectivity index (χ1n) is 10.8. The van der Waals surface area contributed by atoms with Gasteiger partial charge in [0.15, 0.2) is 0 Å². The van der Waals surface area contributed by atoms with Gasteiger partial charge in [0.05, 0.1) is 22.2 Å². The van der Waals surface area contributed by atoms with E-state index in [0.29, 0.717) is 0 Å². The van der Waals surface area contributed by atoms with Gasteiger partial charge >= 0.3 is 0 Å². The number of aromatic nitrogens is 1. The minimum Gasteiger partial charge on any atom is -0.335 e. The van der Waals surface area contributed by atoms with E-state index in [0.717, 1.165) is 13.1 Å². The average molecular weight is 440 g/mol. The highest BCUT2D eigenvalue weighted by Crippen LogP contribution is 2.50. The second-order valence-corrected chi connectivity index (χ2v) is 9.90. The number of hydrogen-bond acceptors (Lipinski definition) is 3. The van der Waals surface area contributed by atoms with E-state index in [1.165, 1.54) is 52.4 Å². The summed E-state index contributed by atoms with van der Waals surface area (Å²) in [6.45, 7) is 6.41. The highest BCUT2D eigenvalue weighted by atomic mass is 32.2. The largest absolute Gasteiger partial charge is 0.335 e. The molecular formula is C27H23N2S2+. The van der Waals surface area contributed by atoms with Crippen molar-refractivity contribution >= 4 is 66.6 Å². The molecule has 4 heteroatoms. The zero-order valence-corrected chi connectivity index (χ0v) is 19.3. The molecule has 0 N–H and O–H groups in total. The number of anilines is 1. The molecule has 0 saturated carbocycles. The van der Waals surface area contributed by atoms with Gasteiger partial charge in [0.25, 0.3) is 5.01 Å². The Hall–Kier alpha value is -2.82. The predicted molar refractivity (Wildman–Crippen MR) is 136 cm³/mol. The summed E-state index contributed by atoms with van der Waals surface area (Å²) in [5, 5.41) is 7.91. The number of fused-ring (bicyclic) bond motifs is 6. The first-order valence-corrected chi connectivity index (χ1v) is 12.4. The van der Waals surface area contributed by atoms with Crippen LogP contribution in [0.2, 0.25) is 0 Å². The van der Waals surface area contributed by atoms with Gasteiger partial charge in [-0.1, -0.05) is 77.7 Å². The summed E-state index contributed by atoms with van der Waals surface area (Å²) in [6, 6.07) is 26.5. The summed E-state index contributed by atoms with van der Waals surface area (Å²) >= 11 is 3.78. The molecule has 0 spiro atoms. The maximum atomic E-state index is 2.48. The zero-order chi connectivity index (χ0) is 20.9. The van der Waals surface area contributed by atoms with Crippen LogP contribution < -0.4 is 9.47 Å². The summed E-state index contributed by atoms with van der Waals surface area (Å²) in [4.78, 5) is 3.83. The van der Waals surface area contributed by atoms with Gasteiger partial charge in [0, 0.05) is 16.8 Å². The van der Waals surface area contributed by atoms with E-state index in [-0.39, 0.29) is 0 Å². The molecule has 0 atom stereocenters. The minimum absolute atomic E-state index is 0.958. The predicted octanol–water partition coefficient (Wildman–Crippen LogP) is 7.45. The van der Waals surface area contributed by atoms with E-state index in [4.69, 9.17) is 0 Å². The maximum Gasteiger partial charge on any atom is 0.265 e. The summed E-state index contributed by atoms with van der Waals surface area (Å²) in [5.41, 5.74) is 2.71. The lowest BCUT2D eigenvalue weighted by Gasteiger charge is -2.19. The number of thioether (sulfide) groups is 1. The Kier molecular flexibility index (Phi) is 4.51. The molecule has 2 nitrogen and oxygen atoms in total. The van der Waals surface area contributed by atoms with Crippen LogP contribution >= 0.6 is 23.1 Å². The van der Waals surface area contributed by atoms with Crippen LogP contribution in [0.3, 0.4) is 0 Å². The monoisotopic (exact) mass is 439 g/mol. The number of benzene rings is 4. The zero-order valence-electron chi connectivity index (χ0n) is 17.6. The van der Waals surface area contributed by atoms with Crippen molar-refractivity contribution in [1.82, 2.24) is 0 Å². The standard InChI is InChI=1S/C27H23N2S2/c1-3-28-24(30-22-15-13-18-9-5-7-11-20(18)26(22)28)17-25-29(4-2)27-21-12-8-6-10-19(21)14-16-23(27)31-25/h5-17H,3-4H2,1-2H3/q+1. The van der Waals surface area contributed by atoms with Crippen LogP contribution in [0.1, 0.15) is 18.9 Å². The Labute approximate surface area is 190 Å². The Bertz CT molecular complexity index is 1500. The highest BCUT2D eigenvalue weighted by Gasteiger charge is 2.28. The Morgan fingerprint density at radius 1 is 0.839 bits per heavy atom. The minimum atomic E-state index is 0.958. The number of hydrogen-bond donors (Lipinski definition) is 0. The molecule has 0 saturated heterocycles. The molecule has 152 valence electrons. The lowest BCUT2D eigenvalue weighted by molar-refractivity contribution is -0.664. The first-order chi connectivity index (χ1) is 15.3. The normalized spacial score (nSPS) is 14.9. The van der Waals surface area contributed by atoms with Gasteiger partial charge < -0.3 is 4.90 Å². The van der Waals surface area contributed by atoms with Crippen molar-refractivity contribution in [1.29, 1.82) is 0 Å². The fourth-order valence-electron chi connectivity index (χ4n) is 4.70. The number of aryl methyl sites for hydroxylation is 1. The summed E-state index contributed by atoms with van der Waals surface area (Å²) in [5.74, 6) is 0. The van der Waals surface area contributed by atoms with E-state index in [1.807, 2.05) is 23.1 Å². The molecule has 4 aromatic carbocycles. The van der Waals surface area contributed by atoms with Crippen LogP contribution in [0.15, 0.2) is 82.7 Å². The van der Waals surface area contributed by atoms with Crippen molar-refractivity contribution in [2.24, 2.45) is 0 Å². The Balaban J connectivity index is 1.54. The van der Waals surface area contributed by atoms with Gasteiger partial charge in [-0.15, -0.1) is 0 Å². The van der Waals surface area contributed by atoms with Crippen LogP contribution in [0.25, 0.3) is 37.8 Å². The SMILES string of the molecule is CCN1/C(=C/c2sc3ccc4ccccc4c3[n+]2CC)Sc2ccc3ccccc3c21. The number of rotatable bonds is 3. The molecule has 1 aromatic heterocycles. The van der Waals surface area contributed by atoms with Crippen LogP contribution in [0.4, 0.5) is 5.69 Å². The Morgan fingerprint density at radius 3 is 2.32 bits per heavy atom.